The first-order valence-electron chi connectivity index (χ1n) is 12.0. The molecular formula is C28H23NO9. The van der Waals surface area contributed by atoms with Gasteiger partial charge in [0.25, 0.3) is 5.91 Å². The highest BCUT2D eigenvalue weighted by atomic mass is 16.4. The zero-order valence-corrected chi connectivity index (χ0v) is 20.0. The van der Waals surface area contributed by atoms with E-state index >= 15 is 0 Å². The number of benzene rings is 2. The number of amides is 1. The molecule has 1 amide bonds. The van der Waals surface area contributed by atoms with Gasteiger partial charge in [-0.2, -0.15) is 0 Å². The number of Topliss-reactive ketones (excluding diaryl/α,β-unsaturated/α-hetero) is 2. The number of aliphatic hydroxyl groups excluding tert-OH is 3. The maximum atomic E-state index is 13.8. The minimum atomic E-state index is -2.87. The van der Waals surface area contributed by atoms with Crippen LogP contribution in [0.2, 0.25) is 0 Å². The number of aromatic hydroxyl groups is 1. The summed E-state index contributed by atoms with van der Waals surface area (Å²) >= 11 is 0. The Bertz CT molecular complexity index is 1630. The zero-order valence-electron chi connectivity index (χ0n) is 20.0. The Morgan fingerprint density at radius 1 is 1.11 bits per heavy atom. The van der Waals surface area contributed by atoms with Crippen LogP contribution in [0.4, 0.5) is 0 Å². The number of hydrogen-bond acceptors (Lipinski definition) is 9. The molecule has 1 fully saturated rings. The van der Waals surface area contributed by atoms with E-state index < -0.39 is 76.0 Å². The molecule has 0 radical (unpaired) electrons. The fraction of sp³-hybridized carbons (Fsp3) is 0.250. The van der Waals surface area contributed by atoms with Gasteiger partial charge in [-0.1, -0.05) is 31.2 Å². The maximum absolute atomic E-state index is 13.8. The van der Waals surface area contributed by atoms with Crippen molar-refractivity contribution in [1.29, 1.82) is 0 Å². The van der Waals surface area contributed by atoms with Gasteiger partial charge in [0.15, 0.2) is 11.4 Å². The molecular weight excluding hydrogens is 494 g/mol. The van der Waals surface area contributed by atoms with Gasteiger partial charge in [-0.05, 0) is 29.7 Å². The summed E-state index contributed by atoms with van der Waals surface area (Å²) < 4.78 is 5.86. The van der Waals surface area contributed by atoms with Crippen LogP contribution in [0.1, 0.15) is 30.4 Å². The number of furan rings is 1. The Morgan fingerprint density at radius 3 is 2.50 bits per heavy atom. The SMILES string of the molecule is CC1c2ccc(-c3cc4ccccc4o3)c(O)c2C(O)=C2C(=O)C3(O)C(O)=C(C(N)=O)C(=O)CC3C(O)C21. The highest BCUT2D eigenvalue weighted by Crippen LogP contribution is 2.56. The molecule has 0 spiro atoms. The highest BCUT2D eigenvalue weighted by molar-refractivity contribution is 6.23. The van der Waals surface area contributed by atoms with Crippen LogP contribution in [-0.2, 0) is 14.4 Å². The molecule has 38 heavy (non-hydrogen) atoms. The number of nitrogens with two attached hydrogens (primary N) is 1. The first-order chi connectivity index (χ1) is 18.0. The number of para-hydroxylation sites is 1. The van der Waals surface area contributed by atoms with Crippen molar-refractivity contribution in [1.82, 2.24) is 0 Å². The first kappa shape index (κ1) is 24.0. The Kier molecular flexibility index (Phi) is 4.91. The third-order valence-corrected chi connectivity index (χ3v) is 8.19. The molecule has 0 bridgehead atoms. The van der Waals surface area contributed by atoms with E-state index in [1.54, 1.807) is 37.3 Å². The van der Waals surface area contributed by atoms with E-state index in [4.69, 9.17) is 10.2 Å². The van der Waals surface area contributed by atoms with Crippen LogP contribution in [0.3, 0.4) is 0 Å². The molecule has 10 nitrogen and oxygen atoms in total. The lowest BCUT2D eigenvalue weighted by Crippen LogP contribution is -2.63. The van der Waals surface area contributed by atoms with Gasteiger partial charge in [0.05, 0.1) is 17.2 Å². The molecule has 2 aromatic carbocycles. The van der Waals surface area contributed by atoms with Crippen LogP contribution in [0.15, 0.2) is 63.8 Å². The summed E-state index contributed by atoms with van der Waals surface area (Å²) in [6.07, 6.45) is -2.19. The van der Waals surface area contributed by atoms with Crippen LogP contribution in [0.5, 0.6) is 5.75 Å². The standard InChI is InChI=1S/C28H23NO9/c1-10-12-6-7-13(17-8-11-4-2-3-5-16(11)38-17)22(31)19(12)24(33)21-18(10)23(32)14-9-15(30)20(27(29)36)25(34)28(14,37)26(21)35/h2-8,10,14,18,23,31-34,37H,9H2,1H3,(H2,29,36). The van der Waals surface area contributed by atoms with Crippen molar-refractivity contribution in [3.63, 3.8) is 0 Å². The Morgan fingerprint density at radius 2 is 1.82 bits per heavy atom. The van der Waals surface area contributed by atoms with Gasteiger partial charge in [-0.15, -0.1) is 0 Å². The number of carbonyl (C=O) groups excluding carboxylic acids is 3. The summed E-state index contributed by atoms with van der Waals surface area (Å²) in [7, 11) is 0. The van der Waals surface area contributed by atoms with Crippen molar-refractivity contribution in [3.8, 4) is 17.1 Å². The van der Waals surface area contributed by atoms with Crippen LogP contribution in [0, 0.1) is 11.8 Å². The molecule has 6 rings (SSSR count). The van der Waals surface area contributed by atoms with Crippen LogP contribution >= 0.6 is 0 Å². The third-order valence-electron chi connectivity index (χ3n) is 8.19. The molecule has 1 aromatic heterocycles. The first-order valence-corrected chi connectivity index (χ1v) is 12.0. The number of fused-ring (bicyclic) bond motifs is 4. The number of phenolic OH excluding ortho intramolecular Hbond substituents is 1. The Balaban J connectivity index is 1.57. The van der Waals surface area contributed by atoms with E-state index in [0.29, 0.717) is 16.9 Å². The molecule has 1 heterocycles. The molecule has 0 saturated heterocycles. The number of carbonyl (C=O) groups is 3. The number of aliphatic hydroxyl groups is 4. The van der Waals surface area contributed by atoms with Gasteiger partial charge in [0, 0.05) is 29.2 Å². The Hall–Kier alpha value is -4.41. The van der Waals surface area contributed by atoms with Crippen molar-refractivity contribution in [2.24, 2.45) is 17.6 Å². The molecule has 194 valence electrons. The van der Waals surface area contributed by atoms with Gasteiger partial charge in [0.2, 0.25) is 5.78 Å². The number of primary amides is 1. The minimum Gasteiger partial charge on any atom is -0.508 e. The van der Waals surface area contributed by atoms with Crippen LogP contribution in [0.25, 0.3) is 28.1 Å². The average molecular weight is 517 g/mol. The number of rotatable bonds is 2. The van der Waals surface area contributed by atoms with Gasteiger partial charge in [0.1, 0.15) is 34.2 Å². The molecule has 5 atom stereocenters. The van der Waals surface area contributed by atoms with Crippen LogP contribution in [-0.4, -0.2) is 54.7 Å². The fourth-order valence-corrected chi connectivity index (χ4v) is 6.31. The Labute approximate surface area is 214 Å². The normalized spacial score (nSPS) is 28.8. The molecule has 0 aliphatic heterocycles. The van der Waals surface area contributed by atoms with E-state index in [-0.39, 0.29) is 16.9 Å². The molecule has 5 unspecified atom stereocenters. The quantitative estimate of drug-likeness (QED) is 0.277. The molecule has 3 aromatic rings. The zero-order chi connectivity index (χ0) is 27.3. The van der Waals surface area contributed by atoms with Gasteiger partial charge < -0.3 is 35.7 Å². The second kappa shape index (κ2) is 7.80. The van der Waals surface area contributed by atoms with Crippen molar-refractivity contribution >= 4 is 34.2 Å². The minimum absolute atomic E-state index is 0.0882. The topological polar surface area (TPSA) is 192 Å². The van der Waals surface area contributed by atoms with E-state index in [9.17, 15) is 39.9 Å². The summed E-state index contributed by atoms with van der Waals surface area (Å²) in [5.41, 5.74) is 2.12. The lowest BCUT2D eigenvalue weighted by Gasteiger charge is -2.50. The monoisotopic (exact) mass is 517 g/mol. The fourth-order valence-electron chi connectivity index (χ4n) is 6.31. The average Bonchev–Trinajstić information content (AvgIpc) is 3.30. The van der Waals surface area contributed by atoms with Gasteiger partial charge in [-0.3, -0.25) is 14.4 Å². The van der Waals surface area contributed by atoms with E-state index in [1.807, 2.05) is 12.1 Å². The number of hydrogen-bond donors (Lipinski definition) is 6. The molecule has 1 saturated carbocycles. The number of phenols is 1. The molecule has 3 aliphatic carbocycles. The summed E-state index contributed by atoms with van der Waals surface area (Å²) in [5, 5.41) is 56.9. The van der Waals surface area contributed by atoms with E-state index in [2.05, 4.69) is 0 Å². The van der Waals surface area contributed by atoms with E-state index in [1.165, 1.54) is 0 Å². The summed E-state index contributed by atoms with van der Waals surface area (Å²) in [6, 6.07) is 12.2. The summed E-state index contributed by atoms with van der Waals surface area (Å²) in [5.74, 6) is -8.68. The van der Waals surface area contributed by atoms with Crippen molar-refractivity contribution < 1.29 is 44.3 Å². The predicted molar refractivity (Wildman–Crippen MR) is 133 cm³/mol. The lowest BCUT2D eigenvalue weighted by atomic mass is 9.55. The molecule has 3 aliphatic rings. The third kappa shape index (κ3) is 2.86. The molecule has 10 heteroatoms. The van der Waals surface area contributed by atoms with Crippen LogP contribution < -0.4 is 5.73 Å². The van der Waals surface area contributed by atoms with Gasteiger partial charge in [-0.25, -0.2) is 0 Å². The van der Waals surface area contributed by atoms with Crippen molar-refractivity contribution in [2.45, 2.75) is 31.0 Å². The number of ketones is 2. The van der Waals surface area contributed by atoms with Crippen molar-refractivity contribution in [2.75, 3.05) is 0 Å². The second-order valence-electron chi connectivity index (χ2n) is 10.1. The smallest absolute Gasteiger partial charge is 0.255 e. The molecule has 7 N–H and O–H groups in total. The maximum Gasteiger partial charge on any atom is 0.255 e. The second-order valence-corrected chi connectivity index (χ2v) is 10.1. The van der Waals surface area contributed by atoms with E-state index in [0.717, 1.165) is 5.39 Å². The largest absolute Gasteiger partial charge is 0.508 e. The van der Waals surface area contributed by atoms with Crippen molar-refractivity contribution in [3.05, 3.63) is 70.5 Å². The predicted octanol–water partition coefficient (Wildman–Crippen LogP) is 2.37. The van der Waals surface area contributed by atoms with Gasteiger partial charge >= 0.3 is 0 Å². The highest BCUT2D eigenvalue weighted by Gasteiger charge is 2.64. The summed E-state index contributed by atoms with van der Waals surface area (Å²) in [4.78, 5) is 38.1. The summed E-state index contributed by atoms with van der Waals surface area (Å²) in [6.45, 7) is 1.67. The lowest BCUT2D eigenvalue weighted by molar-refractivity contribution is -0.160.